The fraction of sp³-hybridized carbons (Fsp3) is 0.250. The first-order valence-electron chi connectivity index (χ1n) is 5.21. The predicted molar refractivity (Wildman–Crippen MR) is 65.6 cm³/mol. The zero-order valence-electron chi connectivity index (χ0n) is 9.17. The summed E-state index contributed by atoms with van der Waals surface area (Å²) < 4.78 is 0. The molecule has 0 bridgehead atoms. The van der Waals surface area contributed by atoms with Gasteiger partial charge >= 0.3 is 0 Å². The summed E-state index contributed by atoms with van der Waals surface area (Å²) in [5.41, 5.74) is 2.16. The molecule has 16 heavy (non-hydrogen) atoms. The quantitative estimate of drug-likeness (QED) is 0.830. The maximum absolute atomic E-state index is 4.26. The summed E-state index contributed by atoms with van der Waals surface area (Å²) in [5.74, 6) is 0. The minimum atomic E-state index is -0.00522. The smallest absolute Gasteiger partial charge is 0.121 e. The van der Waals surface area contributed by atoms with Gasteiger partial charge in [0.25, 0.3) is 0 Å². The van der Waals surface area contributed by atoms with Gasteiger partial charge in [-0.1, -0.05) is 0 Å². The van der Waals surface area contributed by atoms with Crippen molar-refractivity contribution in [1.82, 2.24) is 10.3 Å². The number of nitrogens with one attached hydrogen (secondary N) is 1. The molecule has 0 aromatic carbocycles. The third kappa shape index (κ3) is 3.10. The van der Waals surface area contributed by atoms with Gasteiger partial charge in [0.1, 0.15) is 12.5 Å². The van der Waals surface area contributed by atoms with Crippen LogP contribution in [0.2, 0.25) is 0 Å². The summed E-state index contributed by atoms with van der Waals surface area (Å²) in [5, 5.41) is 3.31. The molecule has 82 valence electrons. The van der Waals surface area contributed by atoms with Crippen LogP contribution in [-0.2, 0) is 6.54 Å². The van der Waals surface area contributed by atoms with Crippen molar-refractivity contribution in [3.63, 3.8) is 0 Å². The molecular weight excluding hydrogens is 200 g/mol. The Bertz CT molecular complexity index is 420. The van der Waals surface area contributed by atoms with Crippen molar-refractivity contribution in [2.75, 3.05) is 0 Å². The molecule has 0 radical (unpaired) electrons. The van der Waals surface area contributed by atoms with E-state index in [0.717, 1.165) is 12.3 Å². The lowest BCUT2D eigenvalue weighted by molar-refractivity contribution is 0.616. The first-order chi connectivity index (χ1) is 7.84. The average molecular weight is 214 g/mol. The van der Waals surface area contributed by atoms with Crippen molar-refractivity contribution >= 4 is 12.1 Å². The highest BCUT2D eigenvalue weighted by Crippen LogP contribution is 1.99. The molecule has 2 heterocycles. The number of pyridine rings is 1. The highest BCUT2D eigenvalue weighted by atomic mass is 15.1. The van der Waals surface area contributed by atoms with Crippen LogP contribution >= 0.6 is 0 Å². The zero-order chi connectivity index (χ0) is 11.2. The zero-order valence-corrected chi connectivity index (χ0v) is 9.17. The van der Waals surface area contributed by atoms with Gasteiger partial charge in [-0.2, -0.15) is 0 Å². The van der Waals surface area contributed by atoms with Crippen LogP contribution in [0.15, 0.2) is 46.7 Å². The molecule has 4 nitrogen and oxygen atoms in total. The maximum Gasteiger partial charge on any atom is 0.121 e. The van der Waals surface area contributed by atoms with Gasteiger partial charge in [0.05, 0.1) is 0 Å². The lowest BCUT2D eigenvalue weighted by Gasteiger charge is -2.08. The number of allylic oxidation sites excluding steroid dienone is 1. The maximum atomic E-state index is 4.26. The van der Waals surface area contributed by atoms with Gasteiger partial charge in [0, 0.05) is 24.7 Å². The minimum Gasteiger partial charge on any atom is -0.288 e. The Morgan fingerprint density at radius 2 is 2.12 bits per heavy atom. The monoisotopic (exact) mass is 214 g/mol. The molecule has 2 rings (SSSR count). The normalized spacial score (nSPS) is 19.3. The van der Waals surface area contributed by atoms with Crippen molar-refractivity contribution < 1.29 is 0 Å². The fourth-order valence-electron chi connectivity index (χ4n) is 1.36. The van der Waals surface area contributed by atoms with Crippen LogP contribution < -0.4 is 5.32 Å². The number of aliphatic imine (C=N–C) groups is 2. The molecule has 1 N–H and O–H groups in total. The van der Waals surface area contributed by atoms with E-state index in [9.17, 15) is 0 Å². The van der Waals surface area contributed by atoms with E-state index < -0.39 is 0 Å². The molecule has 1 atom stereocenters. The molecule has 1 aromatic heterocycles. The van der Waals surface area contributed by atoms with E-state index in [2.05, 4.69) is 20.3 Å². The Kier molecular flexibility index (Phi) is 3.56. The van der Waals surface area contributed by atoms with Gasteiger partial charge in [0.2, 0.25) is 0 Å². The van der Waals surface area contributed by atoms with E-state index in [-0.39, 0.29) is 6.17 Å². The number of aromatic nitrogens is 1. The summed E-state index contributed by atoms with van der Waals surface area (Å²) >= 11 is 0. The predicted octanol–water partition coefficient (Wildman–Crippen LogP) is 1.56. The van der Waals surface area contributed by atoms with Crippen molar-refractivity contribution in [3.8, 4) is 0 Å². The summed E-state index contributed by atoms with van der Waals surface area (Å²) in [6, 6.07) is 3.97. The molecule has 1 aliphatic heterocycles. The SMILES string of the molecule is CC1=NC=NC(NCc2ccncc2)C=C1. The van der Waals surface area contributed by atoms with E-state index in [1.807, 2.05) is 31.2 Å². The molecule has 0 saturated heterocycles. The van der Waals surface area contributed by atoms with Gasteiger partial charge in [0.15, 0.2) is 0 Å². The van der Waals surface area contributed by atoms with E-state index in [1.165, 1.54) is 5.56 Å². The lowest BCUT2D eigenvalue weighted by Crippen LogP contribution is -2.24. The molecule has 0 aliphatic carbocycles. The van der Waals surface area contributed by atoms with Crippen LogP contribution in [0.3, 0.4) is 0 Å². The van der Waals surface area contributed by atoms with Gasteiger partial charge in [-0.05, 0) is 36.8 Å². The van der Waals surface area contributed by atoms with Crippen LogP contribution in [0.1, 0.15) is 12.5 Å². The Morgan fingerprint density at radius 1 is 1.31 bits per heavy atom. The van der Waals surface area contributed by atoms with Crippen LogP contribution in [0, 0.1) is 0 Å². The second-order valence-corrected chi connectivity index (χ2v) is 3.58. The standard InChI is InChI=1S/C12H14N4/c1-10-2-3-12(16-9-15-10)14-8-11-4-6-13-7-5-11/h2-7,9,12,14H,8H2,1H3. The molecular formula is C12H14N4. The number of hydrogen-bond donors (Lipinski definition) is 1. The molecule has 0 amide bonds. The third-order valence-corrected chi connectivity index (χ3v) is 2.27. The Labute approximate surface area is 94.9 Å². The molecule has 0 fully saturated rings. The first-order valence-corrected chi connectivity index (χ1v) is 5.21. The largest absolute Gasteiger partial charge is 0.288 e. The van der Waals surface area contributed by atoms with Gasteiger partial charge < -0.3 is 0 Å². The van der Waals surface area contributed by atoms with E-state index in [1.54, 1.807) is 18.7 Å². The summed E-state index contributed by atoms with van der Waals surface area (Å²) in [6.45, 7) is 2.72. The molecule has 1 unspecified atom stereocenters. The lowest BCUT2D eigenvalue weighted by atomic mass is 10.2. The Balaban J connectivity index is 1.90. The van der Waals surface area contributed by atoms with Crippen molar-refractivity contribution in [1.29, 1.82) is 0 Å². The van der Waals surface area contributed by atoms with E-state index in [4.69, 9.17) is 0 Å². The number of nitrogens with zero attached hydrogens (tertiary/aromatic N) is 3. The van der Waals surface area contributed by atoms with Gasteiger partial charge in [-0.3, -0.25) is 15.3 Å². The Hall–Kier alpha value is -1.81. The van der Waals surface area contributed by atoms with Crippen molar-refractivity contribution in [2.24, 2.45) is 9.98 Å². The summed E-state index contributed by atoms with van der Waals surface area (Å²) in [4.78, 5) is 12.4. The second kappa shape index (κ2) is 5.32. The Morgan fingerprint density at radius 3 is 2.94 bits per heavy atom. The van der Waals surface area contributed by atoms with Crippen molar-refractivity contribution in [2.45, 2.75) is 19.6 Å². The topological polar surface area (TPSA) is 49.6 Å². The molecule has 4 heteroatoms. The van der Waals surface area contributed by atoms with Gasteiger partial charge in [-0.25, -0.2) is 4.99 Å². The van der Waals surface area contributed by atoms with E-state index >= 15 is 0 Å². The summed E-state index contributed by atoms with van der Waals surface area (Å²) in [7, 11) is 0. The van der Waals surface area contributed by atoms with Crippen LogP contribution in [0.5, 0.6) is 0 Å². The van der Waals surface area contributed by atoms with E-state index in [0.29, 0.717) is 0 Å². The highest BCUT2D eigenvalue weighted by Gasteiger charge is 2.02. The van der Waals surface area contributed by atoms with Crippen LogP contribution in [0.25, 0.3) is 0 Å². The molecule has 0 spiro atoms. The van der Waals surface area contributed by atoms with Crippen LogP contribution in [0.4, 0.5) is 0 Å². The number of rotatable bonds is 3. The third-order valence-electron chi connectivity index (χ3n) is 2.27. The van der Waals surface area contributed by atoms with Crippen molar-refractivity contribution in [3.05, 3.63) is 42.2 Å². The molecule has 1 aliphatic rings. The van der Waals surface area contributed by atoms with Gasteiger partial charge in [-0.15, -0.1) is 0 Å². The minimum absolute atomic E-state index is 0.00522. The second-order valence-electron chi connectivity index (χ2n) is 3.58. The molecule has 0 saturated carbocycles. The molecule has 1 aromatic rings. The highest BCUT2D eigenvalue weighted by molar-refractivity contribution is 5.97. The fourth-order valence-corrected chi connectivity index (χ4v) is 1.36. The summed E-state index contributed by atoms with van der Waals surface area (Å²) in [6.07, 6.45) is 9.14. The van der Waals surface area contributed by atoms with Crippen LogP contribution in [-0.4, -0.2) is 23.2 Å². The number of hydrogen-bond acceptors (Lipinski definition) is 4. The first kappa shape index (κ1) is 10.7. The average Bonchev–Trinajstić information content (AvgIpc) is 2.53.